The zero-order valence-electron chi connectivity index (χ0n) is 32.0. The minimum Gasteiger partial charge on any atom is -0.445 e. The third kappa shape index (κ3) is 7.08. The average molecular weight is 770 g/mol. The standard InChI is InChI=1S/C47H43N7O4/c55-46(57-28-30-9-3-1-4-10-30)53-19-7-13-42(53)40-25-38-39(50-40)23-36(26-48-38)34-17-15-33-22-35(18-16-32(33)21-34)37-24-41-44(49-27-37)52-45(51-41)43-14-8-20-54(43)47(56)58-29-31-11-5-2-6-12-31/h1-6,9-12,15-18,21-24,26-27,40,42-43,50H,7-8,13-14,19-20,25,28-29H2,(H,49,51,52)/t40?,42-,43-/m0/s1. The lowest BCUT2D eigenvalue weighted by atomic mass is 9.98. The molecule has 3 aliphatic rings. The van der Waals surface area contributed by atoms with Crippen molar-refractivity contribution in [3.63, 3.8) is 0 Å². The maximum atomic E-state index is 13.1. The van der Waals surface area contributed by atoms with Gasteiger partial charge in [0.25, 0.3) is 0 Å². The molecule has 0 radical (unpaired) electrons. The van der Waals surface area contributed by atoms with Gasteiger partial charge in [-0.25, -0.2) is 19.6 Å². The summed E-state index contributed by atoms with van der Waals surface area (Å²) in [6.07, 6.45) is 7.59. The molecule has 10 rings (SSSR count). The van der Waals surface area contributed by atoms with Crippen LogP contribution in [0.15, 0.2) is 122 Å². The number of anilines is 1. The highest BCUT2D eigenvalue weighted by atomic mass is 16.6. The first-order chi connectivity index (χ1) is 28.5. The topological polar surface area (TPSA) is 126 Å². The van der Waals surface area contributed by atoms with E-state index in [0.717, 1.165) is 99.0 Å². The predicted octanol–water partition coefficient (Wildman–Crippen LogP) is 9.45. The molecule has 0 bridgehead atoms. The van der Waals surface area contributed by atoms with E-state index in [-0.39, 0.29) is 43.5 Å². The third-order valence-electron chi connectivity index (χ3n) is 11.8. The van der Waals surface area contributed by atoms with E-state index in [1.54, 1.807) is 4.90 Å². The summed E-state index contributed by atoms with van der Waals surface area (Å²) in [5, 5.41) is 5.95. The molecule has 4 aromatic carbocycles. The van der Waals surface area contributed by atoms with Gasteiger partial charge in [-0.2, -0.15) is 0 Å². The zero-order valence-corrected chi connectivity index (χ0v) is 32.0. The zero-order chi connectivity index (χ0) is 39.0. The van der Waals surface area contributed by atoms with E-state index in [4.69, 9.17) is 24.4 Å². The van der Waals surface area contributed by atoms with Crippen molar-refractivity contribution in [2.24, 2.45) is 0 Å². The number of amides is 2. The van der Waals surface area contributed by atoms with Crippen LogP contribution in [0.2, 0.25) is 0 Å². The first-order valence-electron chi connectivity index (χ1n) is 20.1. The summed E-state index contributed by atoms with van der Waals surface area (Å²) in [7, 11) is 0. The van der Waals surface area contributed by atoms with Crippen LogP contribution in [-0.4, -0.2) is 67.1 Å². The number of aromatic nitrogens is 4. The van der Waals surface area contributed by atoms with Gasteiger partial charge in [0.1, 0.15) is 19.0 Å². The number of ether oxygens (including phenoxy) is 2. The van der Waals surface area contributed by atoms with Crippen LogP contribution < -0.4 is 5.32 Å². The lowest BCUT2D eigenvalue weighted by Gasteiger charge is -2.29. The molecular weight excluding hydrogens is 727 g/mol. The SMILES string of the molecule is O=C(OCc1ccccc1)N1CCC[C@H]1c1nc2ncc(-c3ccc4cc(-c5cnc6c(c5)NC([C@@H]5CCCN5C(=O)OCc5ccccc5)C6)ccc4c3)cc2[nH]1. The van der Waals surface area contributed by atoms with Gasteiger partial charge in [-0.15, -0.1) is 0 Å². The van der Waals surface area contributed by atoms with Gasteiger partial charge in [0, 0.05) is 43.0 Å². The highest BCUT2D eigenvalue weighted by Gasteiger charge is 2.39. The monoisotopic (exact) mass is 769 g/mol. The van der Waals surface area contributed by atoms with Crippen molar-refractivity contribution in [3.8, 4) is 22.3 Å². The van der Waals surface area contributed by atoms with Crippen LogP contribution >= 0.6 is 0 Å². The van der Waals surface area contributed by atoms with E-state index in [1.807, 2.05) is 78.0 Å². The normalized spacial score (nSPS) is 18.7. The molecule has 2 amide bonds. The average Bonchev–Trinajstić information content (AvgIpc) is 4.10. The van der Waals surface area contributed by atoms with Gasteiger partial charge in [0.05, 0.1) is 35.0 Å². The van der Waals surface area contributed by atoms with E-state index >= 15 is 0 Å². The lowest BCUT2D eigenvalue weighted by Crippen LogP contribution is -2.45. The number of carbonyl (C=O) groups excluding carboxylic acids is 2. The van der Waals surface area contributed by atoms with Crippen molar-refractivity contribution in [2.45, 2.75) is 63.4 Å². The number of nitrogens with one attached hydrogen (secondary N) is 2. The summed E-state index contributed by atoms with van der Waals surface area (Å²) < 4.78 is 11.4. The highest BCUT2D eigenvalue weighted by Crippen LogP contribution is 2.36. The van der Waals surface area contributed by atoms with Gasteiger partial charge >= 0.3 is 12.2 Å². The first kappa shape index (κ1) is 35.6. The summed E-state index contributed by atoms with van der Waals surface area (Å²) in [6, 6.07) is 36.7. The van der Waals surface area contributed by atoms with Crippen LogP contribution in [0.1, 0.15) is 54.4 Å². The second-order valence-corrected chi connectivity index (χ2v) is 15.5. The molecule has 0 saturated carbocycles. The highest BCUT2D eigenvalue weighted by molar-refractivity contribution is 5.92. The molecule has 1 unspecified atom stereocenters. The fourth-order valence-electron chi connectivity index (χ4n) is 8.78. The number of carbonyl (C=O) groups is 2. The minimum absolute atomic E-state index is 0.0563. The number of pyridine rings is 2. The van der Waals surface area contributed by atoms with Crippen LogP contribution in [0, 0.1) is 0 Å². The van der Waals surface area contributed by atoms with Crippen molar-refractivity contribution in [3.05, 3.63) is 144 Å². The number of hydrogen-bond donors (Lipinski definition) is 2. The Morgan fingerprint density at radius 1 is 0.672 bits per heavy atom. The first-order valence-corrected chi connectivity index (χ1v) is 20.1. The second kappa shape index (κ2) is 15.3. The quantitative estimate of drug-likeness (QED) is 0.157. The van der Waals surface area contributed by atoms with E-state index in [9.17, 15) is 9.59 Å². The molecule has 7 aromatic rings. The Bertz CT molecular complexity index is 2630. The van der Waals surface area contributed by atoms with Crippen LogP contribution in [0.3, 0.4) is 0 Å². The van der Waals surface area contributed by atoms with Gasteiger partial charge in [0.15, 0.2) is 5.65 Å². The summed E-state index contributed by atoms with van der Waals surface area (Å²) in [4.78, 5) is 47.7. The molecule has 3 aliphatic heterocycles. The van der Waals surface area contributed by atoms with E-state index in [1.165, 1.54) is 0 Å². The Morgan fingerprint density at radius 2 is 1.29 bits per heavy atom. The minimum atomic E-state index is -0.330. The van der Waals surface area contributed by atoms with Crippen molar-refractivity contribution in [1.29, 1.82) is 0 Å². The van der Waals surface area contributed by atoms with Crippen LogP contribution in [0.4, 0.5) is 15.3 Å². The molecule has 11 heteroatoms. The molecule has 0 spiro atoms. The third-order valence-corrected chi connectivity index (χ3v) is 11.8. The van der Waals surface area contributed by atoms with Gasteiger partial charge in [-0.3, -0.25) is 9.88 Å². The second-order valence-electron chi connectivity index (χ2n) is 15.5. The Morgan fingerprint density at radius 3 is 2.00 bits per heavy atom. The van der Waals surface area contributed by atoms with E-state index in [0.29, 0.717) is 18.7 Å². The number of aromatic amines is 1. The number of likely N-dealkylation sites (tertiary alicyclic amines) is 2. The Labute approximate surface area is 336 Å². The summed E-state index contributed by atoms with van der Waals surface area (Å²) in [6.45, 7) is 1.84. The van der Waals surface area contributed by atoms with E-state index in [2.05, 4.69) is 58.8 Å². The van der Waals surface area contributed by atoms with Crippen molar-refractivity contribution in [2.75, 3.05) is 18.4 Å². The molecule has 2 N–H and O–H groups in total. The Hall–Kier alpha value is -6.75. The molecule has 11 nitrogen and oxygen atoms in total. The maximum Gasteiger partial charge on any atom is 0.410 e. The van der Waals surface area contributed by atoms with Crippen LogP contribution in [0.25, 0.3) is 44.2 Å². The Kier molecular flexibility index (Phi) is 9.40. The van der Waals surface area contributed by atoms with Gasteiger partial charge in [-0.05, 0) is 83.0 Å². The predicted molar refractivity (Wildman–Crippen MR) is 223 cm³/mol. The molecular formula is C47H43N7O4. The number of benzene rings is 4. The molecule has 2 saturated heterocycles. The Balaban J connectivity index is 0.810. The number of imidazole rings is 1. The molecule has 6 heterocycles. The number of hydrogen-bond acceptors (Lipinski definition) is 8. The number of H-pyrrole nitrogens is 1. The molecule has 58 heavy (non-hydrogen) atoms. The van der Waals surface area contributed by atoms with Crippen molar-refractivity contribution < 1.29 is 19.1 Å². The summed E-state index contributed by atoms with van der Waals surface area (Å²) in [5.41, 5.74) is 9.61. The fourth-order valence-corrected chi connectivity index (χ4v) is 8.78. The number of fused-ring (bicyclic) bond motifs is 3. The van der Waals surface area contributed by atoms with Gasteiger partial charge < -0.3 is 24.7 Å². The van der Waals surface area contributed by atoms with Crippen LogP contribution in [0.5, 0.6) is 0 Å². The van der Waals surface area contributed by atoms with Crippen LogP contribution in [-0.2, 0) is 29.1 Å². The molecule has 3 atom stereocenters. The fraction of sp³-hybridized carbons (Fsp3) is 0.255. The number of rotatable bonds is 8. The van der Waals surface area contributed by atoms with Gasteiger partial charge in [-0.1, -0.05) is 84.9 Å². The largest absolute Gasteiger partial charge is 0.445 e. The van der Waals surface area contributed by atoms with Gasteiger partial charge in [0.2, 0.25) is 0 Å². The summed E-state index contributed by atoms with van der Waals surface area (Å²) >= 11 is 0. The lowest BCUT2D eigenvalue weighted by molar-refractivity contribution is 0.0892. The smallest absolute Gasteiger partial charge is 0.410 e. The van der Waals surface area contributed by atoms with E-state index < -0.39 is 0 Å². The van der Waals surface area contributed by atoms with Crippen molar-refractivity contribution >= 4 is 39.8 Å². The molecule has 2 fully saturated rings. The molecule has 290 valence electrons. The molecule has 0 aliphatic carbocycles. The van der Waals surface area contributed by atoms with Crippen molar-refractivity contribution in [1.82, 2.24) is 29.7 Å². The number of nitrogens with zero attached hydrogens (tertiary/aromatic N) is 5. The maximum absolute atomic E-state index is 13.1. The molecule has 3 aromatic heterocycles. The summed E-state index contributed by atoms with van der Waals surface area (Å²) in [5.74, 6) is 0.728.